The molecule has 7 heteroatoms. The summed E-state index contributed by atoms with van der Waals surface area (Å²) < 4.78 is 4.36. The van der Waals surface area contributed by atoms with Gasteiger partial charge in [0.05, 0.1) is 18.0 Å². The third kappa shape index (κ3) is 3.72. The molecule has 7 nitrogen and oxygen atoms in total. The number of aromatic nitrogens is 3. The Morgan fingerprint density at radius 1 is 1.11 bits per heavy atom. The van der Waals surface area contributed by atoms with E-state index in [1.165, 1.54) is 0 Å². The van der Waals surface area contributed by atoms with E-state index in [1.807, 2.05) is 41.6 Å². The molecule has 2 aromatic heterocycles. The summed E-state index contributed by atoms with van der Waals surface area (Å²) in [6.07, 6.45) is 6.57. The fourth-order valence-electron chi connectivity index (χ4n) is 5.36. The van der Waals surface area contributed by atoms with E-state index >= 15 is 0 Å². The van der Waals surface area contributed by atoms with Crippen molar-refractivity contribution in [3.63, 3.8) is 0 Å². The molecule has 2 aromatic carbocycles. The number of fused-ring (bicyclic) bond motifs is 5. The number of rotatable bonds is 4. The zero-order valence-corrected chi connectivity index (χ0v) is 19.8. The summed E-state index contributed by atoms with van der Waals surface area (Å²) in [7, 11) is 4.11. The summed E-state index contributed by atoms with van der Waals surface area (Å²) in [6.45, 7) is 9.55. The van der Waals surface area contributed by atoms with Gasteiger partial charge in [-0.05, 0) is 55.4 Å². The van der Waals surface area contributed by atoms with Crippen molar-refractivity contribution in [2.45, 2.75) is 13.0 Å². The molecule has 1 fully saturated rings. The lowest BCUT2D eigenvalue weighted by Crippen LogP contribution is -2.27. The van der Waals surface area contributed by atoms with Crippen LogP contribution in [0.2, 0.25) is 0 Å². The molecule has 0 N–H and O–H groups in total. The molecular formula is C28H26N6O. The third-order valence-electron chi connectivity index (χ3n) is 6.90. The lowest BCUT2D eigenvalue weighted by molar-refractivity contribution is -0.117. The molecule has 1 amide bonds. The van der Waals surface area contributed by atoms with Crippen molar-refractivity contribution in [2.75, 3.05) is 32.1 Å². The van der Waals surface area contributed by atoms with E-state index in [4.69, 9.17) is 6.57 Å². The van der Waals surface area contributed by atoms with Gasteiger partial charge in [0.25, 0.3) is 0 Å². The van der Waals surface area contributed by atoms with Gasteiger partial charge < -0.3 is 14.4 Å². The maximum atomic E-state index is 12.8. The van der Waals surface area contributed by atoms with Gasteiger partial charge in [0.1, 0.15) is 0 Å². The molecule has 4 heterocycles. The molecule has 0 aliphatic carbocycles. The second-order valence-corrected chi connectivity index (χ2v) is 9.67. The highest BCUT2D eigenvalue weighted by molar-refractivity contribution is 5.96. The van der Waals surface area contributed by atoms with Crippen LogP contribution in [0.5, 0.6) is 0 Å². The van der Waals surface area contributed by atoms with E-state index in [0.29, 0.717) is 24.6 Å². The molecule has 2 aliphatic rings. The van der Waals surface area contributed by atoms with E-state index < -0.39 is 0 Å². The van der Waals surface area contributed by atoms with Crippen molar-refractivity contribution in [2.24, 2.45) is 5.92 Å². The Morgan fingerprint density at radius 3 is 2.71 bits per heavy atom. The van der Waals surface area contributed by atoms with Gasteiger partial charge >= 0.3 is 0 Å². The Morgan fingerprint density at radius 2 is 1.94 bits per heavy atom. The molecular weight excluding hydrogens is 436 g/mol. The Labute approximate surface area is 204 Å². The largest absolute Gasteiger partial charge is 0.340 e. The van der Waals surface area contributed by atoms with Crippen molar-refractivity contribution in [1.29, 1.82) is 0 Å². The van der Waals surface area contributed by atoms with Crippen LogP contribution >= 0.6 is 0 Å². The number of hydrogen-bond acceptors (Lipinski definition) is 3. The molecule has 1 saturated heterocycles. The topological polar surface area (TPSA) is 50.7 Å². The summed E-state index contributed by atoms with van der Waals surface area (Å²) in [6, 6.07) is 16.2. The molecule has 0 unspecified atom stereocenters. The maximum absolute atomic E-state index is 12.8. The first-order valence-corrected chi connectivity index (χ1v) is 11.8. The Hall–Kier alpha value is -4.15. The van der Waals surface area contributed by atoms with E-state index in [2.05, 4.69) is 68.4 Å². The second-order valence-electron chi connectivity index (χ2n) is 9.67. The molecule has 6 rings (SSSR count). The highest BCUT2D eigenvalue weighted by Gasteiger charge is 2.31. The van der Waals surface area contributed by atoms with Gasteiger partial charge in [-0.15, -0.1) is 0 Å². The summed E-state index contributed by atoms with van der Waals surface area (Å²) in [5.74, 6) is 1.44. The molecule has 0 spiro atoms. The van der Waals surface area contributed by atoms with Gasteiger partial charge in [0.2, 0.25) is 5.91 Å². The number of nitrogens with zero attached hydrogens (tertiary/aromatic N) is 6. The van der Waals surface area contributed by atoms with Gasteiger partial charge in [-0.1, -0.05) is 24.3 Å². The van der Waals surface area contributed by atoms with Crippen LogP contribution in [0.25, 0.3) is 33.2 Å². The number of benzene rings is 2. The van der Waals surface area contributed by atoms with Crippen LogP contribution in [-0.4, -0.2) is 52.1 Å². The monoisotopic (exact) mass is 462 g/mol. The van der Waals surface area contributed by atoms with Crippen LogP contribution in [-0.2, 0) is 11.3 Å². The van der Waals surface area contributed by atoms with Gasteiger partial charge in [-0.2, -0.15) is 0 Å². The summed E-state index contributed by atoms with van der Waals surface area (Å²) in [5.41, 5.74) is 7.03. The van der Waals surface area contributed by atoms with Gasteiger partial charge in [-0.3, -0.25) is 9.36 Å². The number of anilines is 1. The number of hydrogen-bond donors (Lipinski definition) is 0. The molecule has 35 heavy (non-hydrogen) atoms. The molecule has 4 aromatic rings. The van der Waals surface area contributed by atoms with Crippen molar-refractivity contribution in [3.8, 4) is 28.3 Å². The second kappa shape index (κ2) is 8.26. The molecule has 0 radical (unpaired) electrons. The average molecular weight is 463 g/mol. The normalized spacial score (nSPS) is 16.6. The fraction of sp³-hybridized carbons (Fsp3) is 0.250. The molecule has 0 bridgehead atoms. The van der Waals surface area contributed by atoms with E-state index in [-0.39, 0.29) is 5.91 Å². The molecule has 174 valence electrons. The van der Waals surface area contributed by atoms with E-state index in [0.717, 1.165) is 52.7 Å². The van der Waals surface area contributed by atoms with Crippen LogP contribution in [0.4, 0.5) is 11.4 Å². The highest BCUT2D eigenvalue weighted by atomic mass is 16.2. The van der Waals surface area contributed by atoms with Gasteiger partial charge in [0.15, 0.2) is 11.5 Å². The lowest BCUT2D eigenvalue weighted by atomic mass is 10.1. The lowest BCUT2D eigenvalue weighted by Gasteiger charge is -2.20. The maximum Gasteiger partial charge on any atom is 0.227 e. The van der Waals surface area contributed by atoms with Crippen LogP contribution in [0.1, 0.15) is 12.0 Å². The van der Waals surface area contributed by atoms with E-state index in [1.54, 1.807) is 0 Å². The van der Waals surface area contributed by atoms with Crippen LogP contribution in [0.3, 0.4) is 0 Å². The van der Waals surface area contributed by atoms with Gasteiger partial charge in [-0.25, -0.2) is 9.83 Å². The number of amides is 1. The first-order chi connectivity index (χ1) is 17.0. The zero-order valence-electron chi connectivity index (χ0n) is 19.8. The van der Waals surface area contributed by atoms with Crippen LogP contribution in [0, 0.1) is 12.5 Å². The minimum absolute atomic E-state index is 0.195. The first-order valence-electron chi connectivity index (χ1n) is 11.8. The molecule has 0 saturated carbocycles. The summed E-state index contributed by atoms with van der Waals surface area (Å²) in [5, 5.41) is 0. The Bertz CT molecular complexity index is 1470. The zero-order chi connectivity index (χ0) is 24.1. The van der Waals surface area contributed by atoms with Crippen molar-refractivity contribution < 1.29 is 4.79 Å². The van der Waals surface area contributed by atoms with E-state index in [9.17, 15) is 4.79 Å². The Balaban J connectivity index is 1.38. The molecule has 1 atom stereocenters. The SMILES string of the molecule is [C-]#[N+]c1ccc(-c2cc3n(c2)Cc2cc(N4C[C@@H](CN(C)C)CC4=O)ccc2-n2ccnc2-3)cc1. The fourth-order valence-corrected chi connectivity index (χ4v) is 5.36. The molecule has 2 aliphatic heterocycles. The standard InChI is InChI=1S/C28H26N6O/c1-29-23-6-4-20(5-7-23)21-14-26-28-30-10-11-33(28)25-9-8-24(13-22(25)18-32(26)17-21)34-16-19(12-27(34)35)15-31(2)3/h4-11,13-14,17,19H,12,15-16,18H2,2-3H3/t19-/m1/s1. The number of imidazole rings is 1. The highest BCUT2D eigenvalue weighted by Crippen LogP contribution is 2.36. The third-order valence-corrected chi connectivity index (χ3v) is 6.90. The smallest absolute Gasteiger partial charge is 0.227 e. The predicted molar refractivity (Wildman–Crippen MR) is 137 cm³/mol. The van der Waals surface area contributed by atoms with Gasteiger partial charge in [0, 0.05) is 55.9 Å². The van der Waals surface area contributed by atoms with Crippen molar-refractivity contribution in [1.82, 2.24) is 19.0 Å². The van der Waals surface area contributed by atoms with Crippen LogP contribution < -0.4 is 4.90 Å². The Kier molecular flexibility index (Phi) is 5.05. The minimum Gasteiger partial charge on any atom is -0.340 e. The van der Waals surface area contributed by atoms with Crippen molar-refractivity contribution >= 4 is 17.3 Å². The first kappa shape index (κ1) is 21.4. The van der Waals surface area contributed by atoms with Crippen molar-refractivity contribution in [3.05, 3.63) is 84.1 Å². The number of carbonyl (C=O) groups excluding carboxylic acids is 1. The quantitative estimate of drug-likeness (QED) is 0.359. The summed E-state index contributed by atoms with van der Waals surface area (Å²) >= 11 is 0. The summed E-state index contributed by atoms with van der Waals surface area (Å²) in [4.78, 5) is 25.1. The number of carbonyl (C=O) groups is 1. The van der Waals surface area contributed by atoms with Crippen LogP contribution in [0.15, 0.2) is 67.1 Å². The predicted octanol–water partition coefficient (Wildman–Crippen LogP) is 4.83. The minimum atomic E-state index is 0.195. The average Bonchev–Trinajstić information content (AvgIpc) is 3.56.